The molecule has 0 fully saturated rings. The molecule has 0 rings (SSSR count). The van der Waals surface area contributed by atoms with Crippen LogP contribution in [0, 0.1) is 0 Å². The highest BCUT2D eigenvalue weighted by molar-refractivity contribution is 7.46. The minimum atomic E-state index is -4.74. The third-order valence-corrected chi connectivity index (χ3v) is 7.27. The van der Waals surface area contributed by atoms with E-state index in [1.165, 1.54) is 64.2 Å². The molecule has 0 aromatic heterocycles. The van der Waals surface area contributed by atoms with Crippen molar-refractivity contribution in [2.24, 2.45) is 0 Å². The van der Waals surface area contributed by atoms with Crippen LogP contribution >= 0.6 is 7.82 Å². The SMILES string of the molecule is CCCC/C=C\CCCCCCCC(=O)O[C@H](COC(=O)CCCCCCCCCCCCC)COP(=O)(O)O. The summed E-state index contributed by atoms with van der Waals surface area (Å²) in [6, 6.07) is 0. The van der Waals surface area contributed by atoms with Crippen molar-refractivity contribution in [3.05, 3.63) is 12.2 Å². The van der Waals surface area contributed by atoms with Crippen molar-refractivity contribution >= 4 is 19.8 Å². The summed E-state index contributed by atoms with van der Waals surface area (Å²) >= 11 is 0. The topological polar surface area (TPSA) is 119 Å². The fourth-order valence-corrected chi connectivity index (χ4v) is 4.71. The summed E-state index contributed by atoms with van der Waals surface area (Å²) in [7, 11) is -4.74. The van der Waals surface area contributed by atoms with E-state index in [1.54, 1.807) is 0 Å². The molecule has 0 aromatic rings. The van der Waals surface area contributed by atoms with E-state index in [-0.39, 0.29) is 19.4 Å². The third kappa shape index (κ3) is 29.8. The maximum Gasteiger partial charge on any atom is 0.469 e. The van der Waals surface area contributed by atoms with E-state index in [9.17, 15) is 14.2 Å². The Labute approximate surface area is 244 Å². The molecule has 236 valence electrons. The van der Waals surface area contributed by atoms with Crippen LogP contribution in [0.5, 0.6) is 0 Å². The molecule has 0 aliphatic heterocycles. The van der Waals surface area contributed by atoms with E-state index in [1.807, 2.05) is 0 Å². The van der Waals surface area contributed by atoms with Crippen molar-refractivity contribution in [2.45, 2.75) is 161 Å². The standard InChI is InChI=1S/C31H59O8P/c1-3-5-7-9-11-13-15-17-19-21-23-25-30(32)37-27-29(28-38-40(34,35)36)39-31(33)26-24-22-20-18-16-14-12-10-8-6-4-2/h10,12,29H,3-9,11,13-28H2,1-2H3,(H2,34,35,36)/b12-10-/t29-/m1/s1. The molecule has 1 atom stereocenters. The Kier molecular flexibility index (Phi) is 27.1. The first kappa shape index (κ1) is 38.8. The number of esters is 2. The lowest BCUT2D eigenvalue weighted by Gasteiger charge is -2.18. The van der Waals surface area contributed by atoms with Crippen LogP contribution in [0.1, 0.15) is 155 Å². The molecule has 40 heavy (non-hydrogen) atoms. The smallest absolute Gasteiger partial charge is 0.462 e. The van der Waals surface area contributed by atoms with E-state index in [2.05, 4.69) is 30.5 Å². The number of carbonyl (C=O) groups is 2. The largest absolute Gasteiger partial charge is 0.469 e. The van der Waals surface area contributed by atoms with Crippen molar-refractivity contribution in [3.63, 3.8) is 0 Å². The van der Waals surface area contributed by atoms with Crippen molar-refractivity contribution in [2.75, 3.05) is 13.2 Å². The number of rotatable bonds is 29. The van der Waals surface area contributed by atoms with Crippen LogP contribution in [-0.4, -0.2) is 41.0 Å². The third-order valence-electron chi connectivity index (χ3n) is 6.78. The van der Waals surface area contributed by atoms with Crippen molar-refractivity contribution < 1.29 is 37.9 Å². The zero-order valence-corrected chi connectivity index (χ0v) is 26.4. The Balaban J connectivity index is 4.04. The summed E-state index contributed by atoms with van der Waals surface area (Å²) in [5, 5.41) is 0. The molecule has 9 heteroatoms. The minimum Gasteiger partial charge on any atom is -0.462 e. The van der Waals surface area contributed by atoms with Crippen LogP contribution in [0.25, 0.3) is 0 Å². The first-order valence-corrected chi connectivity index (χ1v) is 17.5. The van der Waals surface area contributed by atoms with E-state index < -0.39 is 32.5 Å². The van der Waals surface area contributed by atoms with Gasteiger partial charge in [-0.15, -0.1) is 0 Å². The zero-order chi connectivity index (χ0) is 29.7. The molecule has 0 spiro atoms. The number of ether oxygens (including phenoxy) is 2. The Morgan fingerprint density at radius 2 is 1.07 bits per heavy atom. The van der Waals surface area contributed by atoms with Crippen molar-refractivity contribution in [1.82, 2.24) is 0 Å². The zero-order valence-electron chi connectivity index (χ0n) is 25.5. The lowest BCUT2D eigenvalue weighted by Crippen LogP contribution is -2.29. The first-order valence-electron chi connectivity index (χ1n) is 16.0. The minimum absolute atomic E-state index is 0.204. The average Bonchev–Trinajstić information content (AvgIpc) is 2.91. The fourth-order valence-electron chi connectivity index (χ4n) is 4.35. The second kappa shape index (κ2) is 27.9. The Morgan fingerprint density at radius 3 is 1.60 bits per heavy atom. The highest BCUT2D eigenvalue weighted by Gasteiger charge is 2.22. The summed E-state index contributed by atoms with van der Waals surface area (Å²) in [6.45, 7) is 3.60. The predicted octanol–water partition coefficient (Wildman–Crippen LogP) is 8.73. The van der Waals surface area contributed by atoms with Gasteiger partial charge in [-0.3, -0.25) is 14.1 Å². The molecule has 0 saturated heterocycles. The summed E-state index contributed by atoms with van der Waals surface area (Å²) in [4.78, 5) is 42.4. The summed E-state index contributed by atoms with van der Waals surface area (Å²) in [5.74, 6) is -0.895. The number of hydrogen-bond donors (Lipinski definition) is 2. The molecule has 0 aromatic carbocycles. The number of allylic oxidation sites excluding steroid dienone is 2. The van der Waals surface area contributed by atoms with E-state index in [0.29, 0.717) is 6.42 Å². The van der Waals surface area contributed by atoms with E-state index >= 15 is 0 Å². The number of phosphoric ester groups is 1. The summed E-state index contributed by atoms with van der Waals surface area (Å²) in [5.41, 5.74) is 0. The predicted molar refractivity (Wildman–Crippen MR) is 161 cm³/mol. The second-order valence-corrected chi connectivity index (χ2v) is 12.0. The summed E-state index contributed by atoms with van der Waals surface area (Å²) < 4.78 is 26.1. The van der Waals surface area contributed by atoms with Crippen molar-refractivity contribution in [3.8, 4) is 0 Å². The number of carbonyl (C=O) groups excluding carboxylic acids is 2. The second-order valence-electron chi connectivity index (χ2n) is 10.8. The lowest BCUT2D eigenvalue weighted by molar-refractivity contribution is -0.161. The molecule has 0 aliphatic rings. The van der Waals surface area contributed by atoms with Gasteiger partial charge in [0.2, 0.25) is 0 Å². The molecule has 0 saturated carbocycles. The van der Waals surface area contributed by atoms with Gasteiger partial charge in [0.15, 0.2) is 6.10 Å². The molecule has 0 amide bonds. The van der Waals surface area contributed by atoms with E-state index in [4.69, 9.17) is 19.3 Å². The molecule has 2 N–H and O–H groups in total. The highest BCUT2D eigenvalue weighted by Crippen LogP contribution is 2.35. The van der Waals surface area contributed by atoms with Crippen LogP contribution in [0.2, 0.25) is 0 Å². The van der Waals surface area contributed by atoms with Crippen LogP contribution in [-0.2, 0) is 28.2 Å². The molecule has 0 bridgehead atoms. The lowest BCUT2D eigenvalue weighted by atomic mass is 10.1. The van der Waals surface area contributed by atoms with E-state index in [0.717, 1.165) is 57.8 Å². The van der Waals surface area contributed by atoms with Gasteiger partial charge in [0.05, 0.1) is 6.61 Å². The molecule has 0 unspecified atom stereocenters. The Hall–Kier alpha value is -1.21. The monoisotopic (exact) mass is 590 g/mol. The van der Waals surface area contributed by atoms with Gasteiger partial charge in [0.25, 0.3) is 0 Å². The van der Waals surface area contributed by atoms with Crippen LogP contribution in [0.4, 0.5) is 0 Å². The van der Waals surface area contributed by atoms with Gasteiger partial charge in [0, 0.05) is 12.8 Å². The molecule has 8 nitrogen and oxygen atoms in total. The quantitative estimate of drug-likeness (QED) is 0.0384. The maximum atomic E-state index is 12.2. The van der Waals surface area contributed by atoms with Gasteiger partial charge in [-0.1, -0.05) is 122 Å². The van der Waals surface area contributed by atoms with Crippen molar-refractivity contribution in [1.29, 1.82) is 0 Å². The van der Waals surface area contributed by atoms with Gasteiger partial charge in [-0.25, -0.2) is 4.57 Å². The normalized spacial score (nSPS) is 12.6. The number of hydrogen-bond acceptors (Lipinski definition) is 6. The van der Waals surface area contributed by atoms with Crippen LogP contribution in [0.15, 0.2) is 12.2 Å². The fraction of sp³-hybridized carbons (Fsp3) is 0.871. The van der Waals surface area contributed by atoms with Gasteiger partial charge in [0.1, 0.15) is 6.61 Å². The number of phosphoric acid groups is 1. The first-order chi connectivity index (χ1) is 19.3. The Bertz CT molecular complexity index is 676. The molecular formula is C31H59O8P. The van der Waals surface area contributed by atoms with Gasteiger partial charge < -0.3 is 19.3 Å². The molecule has 0 heterocycles. The molecule has 0 aliphatic carbocycles. The Morgan fingerprint density at radius 1 is 0.625 bits per heavy atom. The average molecular weight is 591 g/mol. The maximum absolute atomic E-state index is 12.2. The number of unbranched alkanes of at least 4 members (excludes halogenated alkanes) is 17. The molecular weight excluding hydrogens is 531 g/mol. The van der Waals surface area contributed by atoms with Crippen LogP contribution < -0.4 is 0 Å². The summed E-state index contributed by atoms with van der Waals surface area (Å²) in [6.07, 6.45) is 26.5. The van der Waals surface area contributed by atoms with Gasteiger partial charge in [-0.2, -0.15) is 0 Å². The molecule has 0 radical (unpaired) electrons. The van der Waals surface area contributed by atoms with Gasteiger partial charge in [-0.05, 0) is 32.1 Å². The van der Waals surface area contributed by atoms with Gasteiger partial charge >= 0.3 is 19.8 Å². The highest BCUT2D eigenvalue weighted by atomic mass is 31.2. The van der Waals surface area contributed by atoms with Crippen LogP contribution in [0.3, 0.4) is 0 Å².